The van der Waals surface area contributed by atoms with E-state index in [4.69, 9.17) is 14.4 Å². The van der Waals surface area contributed by atoms with Crippen LogP contribution in [0.5, 0.6) is 0 Å². The molecule has 1 aliphatic heterocycles. The minimum atomic E-state index is -0.421. The third-order valence-electron chi connectivity index (χ3n) is 8.95. The molecule has 1 aliphatic rings. The molecule has 0 saturated heterocycles. The molecule has 0 bridgehead atoms. The Balaban J connectivity index is 1.12. The lowest BCUT2D eigenvalue weighted by molar-refractivity contribution is 0.669. The zero-order valence-corrected chi connectivity index (χ0v) is 25.5. The third-order valence-corrected chi connectivity index (χ3v) is 8.95. The molecule has 0 aliphatic carbocycles. The highest BCUT2D eigenvalue weighted by atomic mass is 16.3. The van der Waals surface area contributed by atoms with Crippen LogP contribution in [0.2, 0.25) is 0 Å². The summed E-state index contributed by atoms with van der Waals surface area (Å²) in [5.41, 5.74) is 9.47. The van der Waals surface area contributed by atoms with Crippen LogP contribution in [-0.2, 0) is 0 Å². The van der Waals surface area contributed by atoms with Crippen LogP contribution in [0.1, 0.15) is 22.9 Å². The van der Waals surface area contributed by atoms with Gasteiger partial charge in [-0.2, -0.15) is 0 Å². The van der Waals surface area contributed by atoms with Crippen molar-refractivity contribution in [3.63, 3.8) is 0 Å². The van der Waals surface area contributed by atoms with Gasteiger partial charge in [0.15, 0.2) is 6.17 Å². The number of aliphatic imine (C=N–C) groups is 2. The molecule has 0 spiro atoms. The molecule has 1 N–H and O–H groups in total. The molecule has 222 valence electrons. The van der Waals surface area contributed by atoms with E-state index in [9.17, 15) is 0 Å². The molecule has 1 unspecified atom stereocenters. The topological polar surface area (TPSA) is 49.9 Å². The van der Waals surface area contributed by atoms with Gasteiger partial charge in [-0.25, -0.2) is 9.98 Å². The van der Waals surface area contributed by atoms with Crippen LogP contribution in [0.25, 0.3) is 55.0 Å². The molecule has 8 aromatic rings. The number of amidine groups is 2. The molecule has 0 radical (unpaired) electrons. The molecule has 4 nitrogen and oxygen atoms in total. The van der Waals surface area contributed by atoms with Crippen molar-refractivity contribution in [3.8, 4) is 22.3 Å². The summed E-state index contributed by atoms with van der Waals surface area (Å²) in [5, 5.41) is 8.08. The van der Waals surface area contributed by atoms with E-state index in [1.54, 1.807) is 0 Å². The lowest BCUT2D eigenvalue weighted by Crippen LogP contribution is -2.36. The van der Waals surface area contributed by atoms with Crippen molar-refractivity contribution in [1.29, 1.82) is 0 Å². The summed E-state index contributed by atoms with van der Waals surface area (Å²) in [7, 11) is 0. The van der Waals surface area contributed by atoms with Gasteiger partial charge in [0, 0.05) is 21.9 Å². The summed E-state index contributed by atoms with van der Waals surface area (Å²) in [5.74, 6) is 1.56. The molecular formula is C43H29N3O. The number of para-hydroxylation sites is 1. The Hall–Kier alpha value is -6.26. The smallest absolute Gasteiger partial charge is 0.169 e. The maximum atomic E-state index is 6.23. The minimum absolute atomic E-state index is 0.421. The minimum Gasteiger partial charge on any atom is -0.456 e. The summed E-state index contributed by atoms with van der Waals surface area (Å²) >= 11 is 0. The first-order valence-corrected chi connectivity index (χ1v) is 15.9. The monoisotopic (exact) mass is 603 g/mol. The summed E-state index contributed by atoms with van der Waals surface area (Å²) < 4.78 is 6.23. The van der Waals surface area contributed by atoms with E-state index in [2.05, 4.69) is 133 Å². The van der Waals surface area contributed by atoms with Gasteiger partial charge >= 0.3 is 0 Å². The van der Waals surface area contributed by atoms with Crippen LogP contribution in [-0.4, -0.2) is 11.7 Å². The summed E-state index contributed by atoms with van der Waals surface area (Å²) in [6, 6.07) is 57.0. The Kier molecular flexibility index (Phi) is 6.50. The SMILES string of the molecule is c1ccc(-c2ccc(-c3ccc(C4N=C(c5ccc6ccccc6c5)NC(c5cccc6oc7ccccc7c56)=N4)cc3)cc2)cc1. The molecule has 9 rings (SSSR count). The van der Waals surface area contributed by atoms with E-state index >= 15 is 0 Å². The van der Waals surface area contributed by atoms with Gasteiger partial charge in [0.25, 0.3) is 0 Å². The first kappa shape index (κ1) is 27.1. The quantitative estimate of drug-likeness (QED) is 0.213. The second-order valence-corrected chi connectivity index (χ2v) is 11.9. The number of benzene rings is 7. The van der Waals surface area contributed by atoms with Gasteiger partial charge in [0.2, 0.25) is 0 Å². The molecule has 0 fully saturated rings. The molecule has 2 heterocycles. The van der Waals surface area contributed by atoms with Crippen molar-refractivity contribution in [2.45, 2.75) is 6.17 Å². The van der Waals surface area contributed by atoms with Gasteiger partial charge in [-0.3, -0.25) is 0 Å². The van der Waals surface area contributed by atoms with Crippen molar-refractivity contribution >= 4 is 44.4 Å². The average molecular weight is 604 g/mol. The Morgan fingerprint density at radius 3 is 1.83 bits per heavy atom. The van der Waals surface area contributed by atoms with Crippen molar-refractivity contribution in [2.24, 2.45) is 9.98 Å². The maximum Gasteiger partial charge on any atom is 0.169 e. The summed E-state index contributed by atoms with van der Waals surface area (Å²) in [4.78, 5) is 10.4. The molecule has 47 heavy (non-hydrogen) atoms. The molecule has 7 aromatic carbocycles. The van der Waals surface area contributed by atoms with Crippen LogP contribution < -0.4 is 5.32 Å². The zero-order chi connectivity index (χ0) is 31.2. The zero-order valence-electron chi connectivity index (χ0n) is 25.5. The first-order chi connectivity index (χ1) is 23.3. The second kappa shape index (κ2) is 11.3. The normalized spacial score (nSPS) is 14.6. The molecule has 0 saturated carbocycles. The van der Waals surface area contributed by atoms with Crippen molar-refractivity contribution in [3.05, 3.63) is 180 Å². The number of rotatable bonds is 5. The van der Waals surface area contributed by atoms with Gasteiger partial charge < -0.3 is 9.73 Å². The molecule has 4 heteroatoms. The van der Waals surface area contributed by atoms with Crippen molar-refractivity contribution in [1.82, 2.24) is 5.32 Å². The second-order valence-electron chi connectivity index (χ2n) is 11.9. The lowest BCUT2D eigenvalue weighted by atomic mass is 9.99. The predicted octanol–water partition coefficient (Wildman–Crippen LogP) is 10.6. The number of nitrogens with zero attached hydrogens (tertiary/aromatic N) is 2. The fourth-order valence-electron chi connectivity index (χ4n) is 6.52. The van der Waals surface area contributed by atoms with Gasteiger partial charge in [-0.1, -0.05) is 146 Å². The number of fused-ring (bicyclic) bond motifs is 4. The van der Waals surface area contributed by atoms with Crippen molar-refractivity contribution in [2.75, 3.05) is 0 Å². The van der Waals surface area contributed by atoms with Crippen LogP contribution in [0.3, 0.4) is 0 Å². The first-order valence-electron chi connectivity index (χ1n) is 15.9. The fourth-order valence-corrected chi connectivity index (χ4v) is 6.52. The van der Waals surface area contributed by atoms with E-state index in [0.29, 0.717) is 0 Å². The number of furan rings is 1. The Bertz CT molecular complexity index is 2470. The summed E-state index contributed by atoms with van der Waals surface area (Å²) in [6.07, 6.45) is -0.421. The van der Waals surface area contributed by atoms with E-state index in [1.807, 2.05) is 36.4 Å². The highest BCUT2D eigenvalue weighted by Gasteiger charge is 2.23. The fraction of sp³-hybridized carbons (Fsp3) is 0.0233. The van der Waals surface area contributed by atoms with Gasteiger partial charge in [-0.15, -0.1) is 0 Å². The average Bonchev–Trinajstić information content (AvgIpc) is 3.54. The van der Waals surface area contributed by atoms with Gasteiger partial charge in [0.1, 0.15) is 22.8 Å². The molecule has 1 atom stereocenters. The Labute approximate surface area is 272 Å². The Morgan fingerprint density at radius 1 is 0.447 bits per heavy atom. The molecule has 0 amide bonds. The number of hydrogen-bond donors (Lipinski definition) is 1. The van der Waals surface area contributed by atoms with Gasteiger partial charge in [-0.05, 0) is 56.8 Å². The standard InChI is InChI=1S/C43H29N3O/c1-2-9-28(10-3-1)30-17-19-31(20-18-30)32-21-24-33(25-22-32)41-44-42(35-26-23-29-11-4-5-12-34(29)27-35)46-43(45-41)37-14-8-16-39-40(37)36-13-6-7-15-38(36)47-39/h1-27,41H,(H,44,45,46). The van der Waals surface area contributed by atoms with Crippen LogP contribution in [0.4, 0.5) is 0 Å². The summed E-state index contributed by atoms with van der Waals surface area (Å²) in [6.45, 7) is 0. The molecule has 1 aromatic heterocycles. The van der Waals surface area contributed by atoms with E-state index in [0.717, 1.165) is 55.9 Å². The lowest BCUT2D eigenvalue weighted by Gasteiger charge is -2.23. The van der Waals surface area contributed by atoms with Crippen molar-refractivity contribution < 1.29 is 4.42 Å². The van der Waals surface area contributed by atoms with Crippen LogP contribution >= 0.6 is 0 Å². The Morgan fingerprint density at radius 2 is 1.04 bits per heavy atom. The predicted molar refractivity (Wildman–Crippen MR) is 194 cm³/mol. The third kappa shape index (κ3) is 4.97. The molecular weight excluding hydrogens is 574 g/mol. The highest BCUT2D eigenvalue weighted by molar-refractivity contribution is 6.23. The van der Waals surface area contributed by atoms with E-state index in [1.165, 1.54) is 27.5 Å². The number of hydrogen-bond acceptors (Lipinski definition) is 4. The van der Waals surface area contributed by atoms with Crippen LogP contribution in [0, 0.1) is 0 Å². The largest absolute Gasteiger partial charge is 0.456 e. The highest BCUT2D eigenvalue weighted by Crippen LogP contribution is 2.34. The van der Waals surface area contributed by atoms with Crippen LogP contribution in [0.15, 0.2) is 178 Å². The van der Waals surface area contributed by atoms with E-state index < -0.39 is 6.17 Å². The number of nitrogens with one attached hydrogen (secondary N) is 1. The van der Waals surface area contributed by atoms with Gasteiger partial charge in [0.05, 0.1) is 0 Å². The maximum absolute atomic E-state index is 6.23. The van der Waals surface area contributed by atoms with E-state index in [-0.39, 0.29) is 0 Å².